The van der Waals surface area contributed by atoms with Gasteiger partial charge in [-0.1, -0.05) is 36.4 Å². The molecular weight excluding hydrogens is 240 g/mol. The smallest absolute Gasteiger partial charge is 0.305 e. The standard InChI is InChI=1S/C16H22O3/c1-4-14(13-9-7-6-8-10-13)16(3,18)12-11-15(17)19-5-2/h4,6-10,14,18H,1,5,11-12H2,2-3H3. The van der Waals surface area contributed by atoms with Gasteiger partial charge in [0.25, 0.3) is 0 Å². The van der Waals surface area contributed by atoms with Crippen LogP contribution in [0.15, 0.2) is 43.0 Å². The number of benzene rings is 1. The number of aliphatic hydroxyl groups is 1. The summed E-state index contributed by atoms with van der Waals surface area (Å²) in [5.74, 6) is -0.484. The molecule has 0 bridgehead atoms. The highest BCUT2D eigenvalue weighted by Gasteiger charge is 2.31. The fourth-order valence-electron chi connectivity index (χ4n) is 2.15. The van der Waals surface area contributed by atoms with E-state index in [1.807, 2.05) is 30.3 Å². The van der Waals surface area contributed by atoms with Crippen LogP contribution >= 0.6 is 0 Å². The molecule has 1 N–H and O–H groups in total. The number of rotatable bonds is 7. The van der Waals surface area contributed by atoms with Crippen molar-refractivity contribution in [1.82, 2.24) is 0 Å². The molecule has 0 aliphatic carbocycles. The minimum absolute atomic E-state index is 0.205. The summed E-state index contributed by atoms with van der Waals surface area (Å²) in [4.78, 5) is 11.4. The van der Waals surface area contributed by atoms with Gasteiger partial charge in [0, 0.05) is 12.3 Å². The maximum Gasteiger partial charge on any atom is 0.305 e. The Hall–Kier alpha value is -1.61. The highest BCUT2D eigenvalue weighted by atomic mass is 16.5. The summed E-state index contributed by atoms with van der Waals surface area (Å²) in [5, 5.41) is 10.6. The SMILES string of the molecule is C=CC(c1ccccc1)C(C)(O)CCC(=O)OCC. The molecule has 0 radical (unpaired) electrons. The van der Waals surface area contributed by atoms with Gasteiger partial charge in [0.1, 0.15) is 0 Å². The molecule has 0 aromatic heterocycles. The molecule has 0 saturated heterocycles. The first kappa shape index (κ1) is 15.4. The van der Waals surface area contributed by atoms with Gasteiger partial charge in [-0.2, -0.15) is 0 Å². The van der Waals surface area contributed by atoms with E-state index in [0.717, 1.165) is 5.56 Å². The Labute approximate surface area is 114 Å². The number of carbonyl (C=O) groups is 1. The summed E-state index contributed by atoms with van der Waals surface area (Å²) in [6.45, 7) is 7.65. The lowest BCUT2D eigenvalue weighted by molar-refractivity contribution is -0.144. The van der Waals surface area contributed by atoms with Crippen LogP contribution in [0.1, 0.15) is 38.2 Å². The minimum Gasteiger partial charge on any atom is -0.466 e. The first-order valence-electron chi connectivity index (χ1n) is 6.56. The summed E-state index contributed by atoms with van der Waals surface area (Å²) >= 11 is 0. The Balaban J connectivity index is 2.73. The summed E-state index contributed by atoms with van der Waals surface area (Å²) in [5.41, 5.74) is -0.0260. The van der Waals surface area contributed by atoms with Crippen LogP contribution in [0.2, 0.25) is 0 Å². The van der Waals surface area contributed by atoms with E-state index in [9.17, 15) is 9.90 Å². The molecule has 0 saturated carbocycles. The number of esters is 1. The molecule has 2 unspecified atom stereocenters. The van der Waals surface area contributed by atoms with Crippen LogP contribution in [-0.2, 0) is 9.53 Å². The molecule has 0 spiro atoms. The second-order valence-electron chi connectivity index (χ2n) is 4.79. The molecule has 1 aromatic rings. The third-order valence-electron chi connectivity index (χ3n) is 3.20. The first-order valence-corrected chi connectivity index (χ1v) is 6.56. The van der Waals surface area contributed by atoms with Crippen LogP contribution in [0.3, 0.4) is 0 Å². The largest absolute Gasteiger partial charge is 0.466 e. The van der Waals surface area contributed by atoms with Gasteiger partial charge in [-0.3, -0.25) is 4.79 Å². The van der Waals surface area contributed by atoms with E-state index in [-0.39, 0.29) is 18.3 Å². The van der Waals surface area contributed by atoms with Crippen molar-refractivity contribution < 1.29 is 14.6 Å². The van der Waals surface area contributed by atoms with Gasteiger partial charge in [0.2, 0.25) is 0 Å². The number of hydrogen-bond donors (Lipinski definition) is 1. The van der Waals surface area contributed by atoms with Gasteiger partial charge in [0.05, 0.1) is 12.2 Å². The lowest BCUT2D eigenvalue weighted by Crippen LogP contribution is -2.32. The molecule has 0 fully saturated rings. The topological polar surface area (TPSA) is 46.5 Å². The van der Waals surface area contributed by atoms with E-state index in [0.29, 0.717) is 13.0 Å². The van der Waals surface area contributed by atoms with E-state index in [1.54, 1.807) is 19.9 Å². The fourth-order valence-corrected chi connectivity index (χ4v) is 2.15. The Kier molecular flexibility index (Phi) is 5.77. The van der Waals surface area contributed by atoms with E-state index in [1.165, 1.54) is 0 Å². The van der Waals surface area contributed by atoms with Crippen LogP contribution in [0, 0.1) is 0 Å². The summed E-state index contributed by atoms with van der Waals surface area (Å²) in [6.07, 6.45) is 2.27. The van der Waals surface area contributed by atoms with Crippen LogP contribution in [0.5, 0.6) is 0 Å². The Morgan fingerprint density at radius 3 is 2.63 bits per heavy atom. The first-order chi connectivity index (χ1) is 9.01. The maximum atomic E-state index is 11.4. The summed E-state index contributed by atoms with van der Waals surface area (Å²) < 4.78 is 4.88. The zero-order valence-electron chi connectivity index (χ0n) is 11.6. The van der Waals surface area contributed by atoms with Crippen molar-refractivity contribution in [2.45, 2.75) is 38.2 Å². The van der Waals surface area contributed by atoms with Crippen molar-refractivity contribution in [1.29, 1.82) is 0 Å². The molecule has 3 heteroatoms. The molecule has 1 rings (SSSR count). The second kappa shape index (κ2) is 7.10. The van der Waals surface area contributed by atoms with E-state index < -0.39 is 5.60 Å². The quantitative estimate of drug-likeness (QED) is 0.607. The molecule has 0 aliphatic rings. The van der Waals surface area contributed by atoms with Crippen LogP contribution < -0.4 is 0 Å². The second-order valence-corrected chi connectivity index (χ2v) is 4.79. The third kappa shape index (κ3) is 4.52. The molecule has 1 aromatic carbocycles. The molecular formula is C16H22O3. The monoisotopic (exact) mass is 262 g/mol. The predicted molar refractivity (Wildman–Crippen MR) is 75.9 cm³/mol. The Bertz CT molecular complexity index is 409. The van der Waals surface area contributed by atoms with Gasteiger partial charge < -0.3 is 9.84 Å². The average molecular weight is 262 g/mol. The lowest BCUT2D eigenvalue weighted by atomic mass is 9.80. The fraction of sp³-hybridized carbons (Fsp3) is 0.438. The van der Waals surface area contributed by atoms with Crippen molar-refractivity contribution in [3.8, 4) is 0 Å². The van der Waals surface area contributed by atoms with Crippen molar-refractivity contribution >= 4 is 5.97 Å². The van der Waals surface area contributed by atoms with E-state index >= 15 is 0 Å². The predicted octanol–water partition coefficient (Wildman–Crippen LogP) is 3.05. The third-order valence-corrected chi connectivity index (χ3v) is 3.20. The number of carbonyl (C=O) groups excluding carboxylic acids is 1. The number of hydrogen-bond acceptors (Lipinski definition) is 3. The zero-order valence-corrected chi connectivity index (χ0v) is 11.6. The molecule has 19 heavy (non-hydrogen) atoms. The van der Waals surface area contributed by atoms with Gasteiger partial charge in [-0.05, 0) is 25.8 Å². The van der Waals surface area contributed by atoms with Gasteiger partial charge in [0.15, 0.2) is 0 Å². The summed E-state index contributed by atoms with van der Waals surface area (Å²) in [6, 6.07) is 9.67. The summed E-state index contributed by atoms with van der Waals surface area (Å²) in [7, 11) is 0. The molecule has 104 valence electrons. The van der Waals surface area contributed by atoms with Crippen molar-refractivity contribution in [2.75, 3.05) is 6.61 Å². The number of ether oxygens (including phenoxy) is 1. The van der Waals surface area contributed by atoms with Crippen molar-refractivity contribution in [3.05, 3.63) is 48.6 Å². The van der Waals surface area contributed by atoms with Gasteiger partial charge in [-0.15, -0.1) is 6.58 Å². The van der Waals surface area contributed by atoms with E-state index in [2.05, 4.69) is 6.58 Å². The molecule has 2 atom stereocenters. The van der Waals surface area contributed by atoms with Gasteiger partial charge >= 0.3 is 5.97 Å². The van der Waals surface area contributed by atoms with Gasteiger partial charge in [-0.25, -0.2) is 0 Å². The van der Waals surface area contributed by atoms with Crippen molar-refractivity contribution in [3.63, 3.8) is 0 Å². The normalized spacial score (nSPS) is 15.3. The average Bonchev–Trinajstić information content (AvgIpc) is 2.39. The highest BCUT2D eigenvalue weighted by molar-refractivity contribution is 5.69. The van der Waals surface area contributed by atoms with E-state index in [4.69, 9.17) is 4.74 Å². The maximum absolute atomic E-state index is 11.4. The van der Waals surface area contributed by atoms with Crippen molar-refractivity contribution in [2.24, 2.45) is 0 Å². The molecule has 3 nitrogen and oxygen atoms in total. The molecule has 0 aliphatic heterocycles. The van der Waals surface area contributed by atoms with Crippen LogP contribution in [0.4, 0.5) is 0 Å². The Morgan fingerprint density at radius 2 is 2.11 bits per heavy atom. The zero-order chi connectivity index (χ0) is 14.3. The van der Waals surface area contributed by atoms with Crippen LogP contribution in [0.25, 0.3) is 0 Å². The highest BCUT2D eigenvalue weighted by Crippen LogP contribution is 2.32. The lowest BCUT2D eigenvalue weighted by Gasteiger charge is -2.31. The Morgan fingerprint density at radius 1 is 1.47 bits per heavy atom. The van der Waals surface area contributed by atoms with Crippen LogP contribution in [-0.4, -0.2) is 23.3 Å². The minimum atomic E-state index is -1.02. The molecule has 0 amide bonds. The molecule has 0 heterocycles.